The molecule has 6 nitrogen and oxygen atoms in total. The smallest absolute Gasteiger partial charge is 0.195 e. The lowest BCUT2D eigenvalue weighted by atomic mass is 10.0. The van der Waals surface area contributed by atoms with Crippen molar-refractivity contribution in [3.8, 4) is 0 Å². The van der Waals surface area contributed by atoms with Crippen molar-refractivity contribution in [3.05, 3.63) is 30.1 Å². The predicted molar refractivity (Wildman–Crippen MR) is 56.3 cm³/mol. The number of rotatable bonds is 3. The lowest BCUT2D eigenvalue weighted by Crippen LogP contribution is -2.36. The van der Waals surface area contributed by atoms with Gasteiger partial charge in [-0.3, -0.25) is 9.78 Å². The van der Waals surface area contributed by atoms with Gasteiger partial charge in [-0.05, 0) is 12.1 Å². The maximum Gasteiger partial charge on any atom is 0.195 e. The Balaban J connectivity index is 2.16. The Labute approximate surface area is 97.5 Å². The fourth-order valence-electron chi connectivity index (χ4n) is 1.79. The van der Waals surface area contributed by atoms with Crippen molar-refractivity contribution >= 4 is 5.78 Å². The maximum absolute atomic E-state index is 11.9. The SMILES string of the molecule is O=C(c1cccnc1)C1O[C@H](CO)[C@@H](O)[C@H]1O. The second-order valence-electron chi connectivity index (χ2n) is 3.86. The number of aliphatic hydroxyl groups excluding tert-OH is 3. The van der Waals surface area contributed by atoms with Crippen LogP contribution in [0.4, 0.5) is 0 Å². The summed E-state index contributed by atoms with van der Waals surface area (Å²) in [6, 6.07) is 3.14. The van der Waals surface area contributed by atoms with Gasteiger partial charge in [0.25, 0.3) is 0 Å². The van der Waals surface area contributed by atoms with E-state index >= 15 is 0 Å². The molecule has 1 aromatic rings. The van der Waals surface area contributed by atoms with Gasteiger partial charge >= 0.3 is 0 Å². The van der Waals surface area contributed by atoms with Crippen LogP contribution in [0.25, 0.3) is 0 Å². The molecule has 2 heterocycles. The molecule has 0 amide bonds. The fraction of sp³-hybridized carbons (Fsp3) is 0.455. The molecule has 1 aromatic heterocycles. The van der Waals surface area contributed by atoms with E-state index in [1.54, 1.807) is 12.1 Å². The largest absolute Gasteiger partial charge is 0.394 e. The summed E-state index contributed by atoms with van der Waals surface area (Å²) in [4.78, 5) is 15.7. The summed E-state index contributed by atoms with van der Waals surface area (Å²) >= 11 is 0. The van der Waals surface area contributed by atoms with Crippen molar-refractivity contribution in [2.24, 2.45) is 0 Å². The van der Waals surface area contributed by atoms with Crippen LogP contribution in [0, 0.1) is 0 Å². The molecule has 3 N–H and O–H groups in total. The number of aliphatic hydroxyl groups is 3. The minimum absolute atomic E-state index is 0.294. The van der Waals surface area contributed by atoms with E-state index in [4.69, 9.17) is 9.84 Å². The number of hydrogen-bond donors (Lipinski definition) is 3. The van der Waals surface area contributed by atoms with Crippen molar-refractivity contribution in [3.63, 3.8) is 0 Å². The minimum Gasteiger partial charge on any atom is -0.394 e. The molecule has 2 rings (SSSR count). The molecular formula is C11H13NO5. The van der Waals surface area contributed by atoms with Gasteiger partial charge in [0.15, 0.2) is 5.78 Å². The molecule has 0 radical (unpaired) electrons. The normalized spacial score (nSPS) is 32.6. The van der Waals surface area contributed by atoms with Crippen LogP contribution in [-0.2, 0) is 4.74 Å². The second kappa shape index (κ2) is 4.89. The lowest BCUT2D eigenvalue weighted by Gasteiger charge is -2.12. The standard InChI is InChI=1S/C11H13NO5/c13-5-7-9(15)10(16)11(17-7)8(14)6-2-1-3-12-4-6/h1-4,7,9-11,13,15-16H,5H2/t7-,9-,10-,11?/m1/s1. The number of carbonyl (C=O) groups is 1. The molecule has 1 saturated heterocycles. The zero-order valence-corrected chi connectivity index (χ0v) is 8.93. The third-order valence-corrected chi connectivity index (χ3v) is 2.75. The zero-order valence-electron chi connectivity index (χ0n) is 8.93. The van der Waals surface area contributed by atoms with E-state index in [9.17, 15) is 15.0 Å². The molecule has 1 unspecified atom stereocenters. The number of nitrogens with zero attached hydrogens (tertiary/aromatic N) is 1. The van der Waals surface area contributed by atoms with Crippen LogP contribution < -0.4 is 0 Å². The van der Waals surface area contributed by atoms with E-state index in [2.05, 4.69) is 4.98 Å². The number of aromatic nitrogens is 1. The van der Waals surface area contributed by atoms with Crippen LogP contribution in [0.1, 0.15) is 10.4 Å². The first-order chi connectivity index (χ1) is 8.15. The predicted octanol–water partition coefficient (Wildman–Crippen LogP) is -1.25. The first-order valence-corrected chi connectivity index (χ1v) is 5.22. The lowest BCUT2D eigenvalue weighted by molar-refractivity contribution is -0.0163. The highest BCUT2D eigenvalue weighted by Gasteiger charge is 2.45. The van der Waals surface area contributed by atoms with Gasteiger partial charge in [-0.1, -0.05) is 0 Å². The van der Waals surface area contributed by atoms with Crippen molar-refractivity contribution in [1.29, 1.82) is 0 Å². The van der Waals surface area contributed by atoms with Gasteiger partial charge in [-0.25, -0.2) is 0 Å². The average molecular weight is 239 g/mol. The van der Waals surface area contributed by atoms with Gasteiger partial charge in [0, 0.05) is 18.0 Å². The average Bonchev–Trinajstić information content (AvgIpc) is 2.66. The molecule has 17 heavy (non-hydrogen) atoms. The molecule has 4 atom stereocenters. The summed E-state index contributed by atoms with van der Waals surface area (Å²) < 4.78 is 5.12. The van der Waals surface area contributed by atoms with E-state index in [1.165, 1.54) is 12.4 Å². The Morgan fingerprint density at radius 1 is 1.41 bits per heavy atom. The highest BCUT2D eigenvalue weighted by Crippen LogP contribution is 2.23. The zero-order chi connectivity index (χ0) is 12.4. The highest BCUT2D eigenvalue weighted by atomic mass is 16.6. The Kier molecular flexibility index (Phi) is 3.49. The Morgan fingerprint density at radius 3 is 2.71 bits per heavy atom. The molecule has 0 aliphatic carbocycles. The molecule has 0 spiro atoms. The third kappa shape index (κ3) is 2.20. The van der Waals surface area contributed by atoms with Crippen molar-refractivity contribution in [2.75, 3.05) is 6.61 Å². The summed E-state index contributed by atoms with van der Waals surface area (Å²) in [5.41, 5.74) is 0.294. The van der Waals surface area contributed by atoms with Crippen LogP contribution in [0.2, 0.25) is 0 Å². The molecule has 1 aliphatic rings. The highest BCUT2D eigenvalue weighted by molar-refractivity contribution is 5.99. The van der Waals surface area contributed by atoms with E-state index in [1.807, 2.05) is 0 Å². The monoisotopic (exact) mass is 239 g/mol. The van der Waals surface area contributed by atoms with E-state index in [0.717, 1.165) is 0 Å². The van der Waals surface area contributed by atoms with Gasteiger partial charge in [-0.15, -0.1) is 0 Å². The van der Waals surface area contributed by atoms with Crippen LogP contribution >= 0.6 is 0 Å². The molecule has 0 bridgehead atoms. The molecule has 0 aromatic carbocycles. The van der Waals surface area contributed by atoms with Crippen LogP contribution in [0.3, 0.4) is 0 Å². The number of ketones is 1. The molecule has 92 valence electrons. The van der Waals surface area contributed by atoms with Crippen LogP contribution in [0.15, 0.2) is 24.5 Å². The second-order valence-corrected chi connectivity index (χ2v) is 3.86. The summed E-state index contributed by atoms with van der Waals surface area (Å²) in [6.45, 7) is -0.449. The number of ether oxygens (including phenoxy) is 1. The Morgan fingerprint density at radius 2 is 2.18 bits per heavy atom. The minimum atomic E-state index is -1.33. The van der Waals surface area contributed by atoms with Crippen LogP contribution in [0.5, 0.6) is 0 Å². The summed E-state index contributed by atoms with van der Waals surface area (Å²) in [5.74, 6) is -0.458. The number of carbonyl (C=O) groups excluding carboxylic acids is 1. The molecule has 1 fully saturated rings. The van der Waals surface area contributed by atoms with Crippen LogP contribution in [-0.4, -0.2) is 57.1 Å². The van der Waals surface area contributed by atoms with Crippen molar-refractivity contribution in [1.82, 2.24) is 4.98 Å². The maximum atomic E-state index is 11.9. The van der Waals surface area contributed by atoms with E-state index in [-0.39, 0.29) is 0 Å². The van der Waals surface area contributed by atoms with Gasteiger partial charge < -0.3 is 20.1 Å². The van der Waals surface area contributed by atoms with Gasteiger partial charge in [-0.2, -0.15) is 0 Å². The number of hydrogen-bond acceptors (Lipinski definition) is 6. The van der Waals surface area contributed by atoms with Gasteiger partial charge in [0.05, 0.1) is 6.61 Å². The van der Waals surface area contributed by atoms with Gasteiger partial charge in [0.1, 0.15) is 24.4 Å². The van der Waals surface area contributed by atoms with Crippen molar-refractivity contribution < 1.29 is 24.9 Å². The number of Topliss-reactive ketones (excluding diaryl/α,β-unsaturated/α-hetero) is 1. The molecule has 6 heteroatoms. The first kappa shape index (κ1) is 12.1. The van der Waals surface area contributed by atoms with E-state index < -0.39 is 36.8 Å². The van der Waals surface area contributed by atoms with Gasteiger partial charge in [0.2, 0.25) is 0 Å². The Bertz CT molecular complexity index is 396. The summed E-state index contributed by atoms with van der Waals surface area (Å²) in [7, 11) is 0. The summed E-state index contributed by atoms with van der Waals surface area (Å²) in [6.07, 6.45) is -1.81. The fourth-order valence-corrected chi connectivity index (χ4v) is 1.79. The van der Waals surface area contributed by atoms with E-state index in [0.29, 0.717) is 5.56 Å². The molecule has 1 aliphatic heterocycles. The summed E-state index contributed by atoms with van der Waals surface area (Å²) in [5, 5.41) is 28.1. The first-order valence-electron chi connectivity index (χ1n) is 5.22. The third-order valence-electron chi connectivity index (χ3n) is 2.75. The topological polar surface area (TPSA) is 99.9 Å². The quantitative estimate of drug-likeness (QED) is 0.570. The molecular weight excluding hydrogens is 226 g/mol. The van der Waals surface area contributed by atoms with Crippen molar-refractivity contribution in [2.45, 2.75) is 24.4 Å². The Hall–Kier alpha value is -1.34. The molecule has 0 saturated carbocycles. The number of pyridine rings is 1.